The molecule has 3 heterocycles. The molecule has 26 heavy (non-hydrogen) atoms. The fourth-order valence-corrected chi connectivity index (χ4v) is 3.22. The minimum Gasteiger partial charge on any atom is -0.315 e. The second-order valence-corrected chi connectivity index (χ2v) is 6.90. The quantitative estimate of drug-likeness (QED) is 0.627. The largest absolute Gasteiger partial charge is 0.328 e. The number of nitrogens with one attached hydrogen (secondary N) is 1. The number of aromatic nitrogens is 6. The second-order valence-electron chi connectivity index (χ2n) is 5.95. The third kappa shape index (κ3) is 4.01. The number of aryl methyl sites for hydroxylation is 3. The highest BCUT2D eigenvalue weighted by atomic mass is 32.2. The topological polar surface area (TPSA) is 111 Å². The highest BCUT2D eigenvalue weighted by Gasteiger charge is 2.15. The molecule has 0 aliphatic carbocycles. The Kier molecular flexibility index (Phi) is 5.50. The molecule has 0 radical (unpaired) electrons. The molecule has 1 N–H and O–H groups in total. The van der Waals surface area contributed by atoms with Gasteiger partial charge in [-0.3, -0.25) is 10.1 Å². The van der Waals surface area contributed by atoms with Gasteiger partial charge in [0.05, 0.1) is 5.75 Å². The lowest BCUT2D eigenvalue weighted by Gasteiger charge is -2.09. The van der Waals surface area contributed by atoms with Gasteiger partial charge < -0.3 is 4.52 Å². The van der Waals surface area contributed by atoms with Gasteiger partial charge in [-0.05, 0) is 39.2 Å². The van der Waals surface area contributed by atoms with Gasteiger partial charge in [-0.15, -0.1) is 5.10 Å². The van der Waals surface area contributed by atoms with Crippen LogP contribution in [0, 0.1) is 20.8 Å². The fraction of sp³-hybridized carbons (Fsp3) is 0.500. The summed E-state index contributed by atoms with van der Waals surface area (Å²) in [5.41, 5.74) is 3.24. The van der Waals surface area contributed by atoms with Crippen molar-refractivity contribution in [2.45, 2.75) is 52.1 Å². The first-order chi connectivity index (χ1) is 12.5. The number of hydrogen-bond donors (Lipinski definition) is 1. The van der Waals surface area contributed by atoms with Gasteiger partial charge in [0, 0.05) is 11.4 Å². The zero-order valence-electron chi connectivity index (χ0n) is 15.2. The molecule has 0 aliphatic heterocycles. The normalized spacial score (nSPS) is 11.2. The average Bonchev–Trinajstić information content (AvgIpc) is 3.19. The van der Waals surface area contributed by atoms with Crippen molar-refractivity contribution < 1.29 is 9.32 Å². The van der Waals surface area contributed by atoms with Crippen molar-refractivity contribution in [1.29, 1.82) is 0 Å². The predicted molar refractivity (Wildman–Crippen MR) is 97.3 cm³/mol. The summed E-state index contributed by atoms with van der Waals surface area (Å²) in [6.45, 7) is 7.88. The van der Waals surface area contributed by atoms with E-state index >= 15 is 0 Å². The van der Waals surface area contributed by atoms with Crippen molar-refractivity contribution in [1.82, 2.24) is 29.7 Å². The molecule has 10 heteroatoms. The fourth-order valence-electron chi connectivity index (χ4n) is 2.60. The highest BCUT2D eigenvalue weighted by molar-refractivity contribution is 7.99. The number of carbonyl (C=O) groups is 1. The molecule has 0 spiro atoms. The third-order valence-corrected chi connectivity index (χ3v) is 4.75. The van der Waals surface area contributed by atoms with Gasteiger partial charge in [0.1, 0.15) is 0 Å². The Morgan fingerprint density at radius 1 is 1.23 bits per heavy atom. The SMILES string of the molecule is CCCCc1c(C)nc2nc(SCC(=O)Nc3nc(C)no3)nn2c1C. The maximum absolute atomic E-state index is 12.0. The van der Waals surface area contributed by atoms with Gasteiger partial charge in [-0.2, -0.15) is 9.97 Å². The maximum Gasteiger partial charge on any atom is 0.328 e. The molecule has 138 valence electrons. The lowest BCUT2D eigenvalue weighted by Crippen LogP contribution is -2.14. The summed E-state index contributed by atoms with van der Waals surface area (Å²) in [6, 6.07) is 0.0877. The van der Waals surface area contributed by atoms with Crippen LogP contribution in [0.2, 0.25) is 0 Å². The zero-order chi connectivity index (χ0) is 18.7. The van der Waals surface area contributed by atoms with Gasteiger partial charge >= 0.3 is 6.01 Å². The van der Waals surface area contributed by atoms with Crippen molar-refractivity contribution in [3.8, 4) is 0 Å². The van der Waals surface area contributed by atoms with Crippen LogP contribution in [0.25, 0.3) is 5.78 Å². The van der Waals surface area contributed by atoms with E-state index in [4.69, 9.17) is 4.52 Å². The summed E-state index contributed by atoms with van der Waals surface area (Å²) < 4.78 is 6.61. The minimum absolute atomic E-state index is 0.0877. The molecule has 3 rings (SSSR count). The van der Waals surface area contributed by atoms with Crippen molar-refractivity contribution in [2.75, 3.05) is 11.1 Å². The van der Waals surface area contributed by atoms with Crippen LogP contribution in [0.1, 0.15) is 42.5 Å². The van der Waals surface area contributed by atoms with Gasteiger partial charge in [0.2, 0.25) is 11.1 Å². The zero-order valence-corrected chi connectivity index (χ0v) is 16.1. The van der Waals surface area contributed by atoms with Crippen molar-refractivity contribution in [3.05, 3.63) is 22.8 Å². The van der Waals surface area contributed by atoms with E-state index in [2.05, 4.69) is 37.4 Å². The minimum atomic E-state index is -0.262. The lowest BCUT2D eigenvalue weighted by atomic mass is 10.1. The first-order valence-corrected chi connectivity index (χ1v) is 9.42. The number of anilines is 1. The molecule has 0 fully saturated rings. The van der Waals surface area contributed by atoms with Crippen molar-refractivity contribution >= 4 is 29.5 Å². The number of carbonyl (C=O) groups excluding carboxylic acids is 1. The smallest absolute Gasteiger partial charge is 0.315 e. The molecule has 0 bridgehead atoms. The molecule has 1 amide bonds. The van der Waals surface area contributed by atoms with E-state index in [1.807, 2.05) is 13.8 Å². The summed E-state index contributed by atoms with van der Waals surface area (Å²) in [4.78, 5) is 24.9. The first kappa shape index (κ1) is 18.3. The Labute approximate surface area is 155 Å². The molecule has 0 atom stereocenters. The van der Waals surface area contributed by atoms with Crippen LogP contribution in [0.15, 0.2) is 9.68 Å². The number of nitrogens with zero attached hydrogens (tertiary/aromatic N) is 6. The van der Waals surface area contributed by atoms with Crippen molar-refractivity contribution in [2.24, 2.45) is 0 Å². The molecule has 9 nitrogen and oxygen atoms in total. The third-order valence-electron chi connectivity index (χ3n) is 3.92. The Balaban J connectivity index is 1.70. The molecule has 0 aliphatic rings. The molecule has 0 saturated carbocycles. The average molecular weight is 375 g/mol. The molecule has 0 aromatic carbocycles. The van der Waals surface area contributed by atoms with Gasteiger partial charge in [-0.1, -0.05) is 30.3 Å². The van der Waals surface area contributed by atoms with E-state index in [1.165, 1.54) is 17.3 Å². The standard InChI is InChI=1S/C16H21N7O2S/c1-5-6-7-12-9(2)17-14-20-16(21-23(14)10(12)3)26-8-13(24)19-15-18-11(4)22-25-15/h5-8H2,1-4H3,(H,18,19,22,24). The van der Waals surface area contributed by atoms with E-state index < -0.39 is 0 Å². The maximum atomic E-state index is 12.0. The summed E-state index contributed by atoms with van der Waals surface area (Å²) >= 11 is 1.23. The lowest BCUT2D eigenvalue weighted by molar-refractivity contribution is -0.114. The van der Waals surface area contributed by atoms with Gasteiger partial charge in [-0.25, -0.2) is 9.50 Å². The Hall–Kier alpha value is -2.49. The van der Waals surface area contributed by atoms with Crippen LogP contribution in [-0.4, -0.2) is 41.4 Å². The Morgan fingerprint density at radius 2 is 2.04 bits per heavy atom. The summed E-state index contributed by atoms with van der Waals surface area (Å²) in [5.74, 6) is 0.891. The van der Waals surface area contributed by atoms with Crippen molar-refractivity contribution in [3.63, 3.8) is 0 Å². The summed E-state index contributed by atoms with van der Waals surface area (Å²) in [5, 5.41) is 11.1. The number of hydrogen-bond acceptors (Lipinski definition) is 8. The number of fused-ring (bicyclic) bond motifs is 1. The van der Waals surface area contributed by atoms with E-state index in [0.717, 1.165) is 30.7 Å². The number of thioether (sulfide) groups is 1. The molecule has 0 unspecified atom stereocenters. The van der Waals surface area contributed by atoms with Crippen LogP contribution >= 0.6 is 11.8 Å². The Morgan fingerprint density at radius 3 is 2.73 bits per heavy atom. The van der Waals surface area contributed by atoms with Crippen LogP contribution in [0.5, 0.6) is 0 Å². The van der Waals surface area contributed by atoms with E-state index in [-0.39, 0.29) is 17.7 Å². The van der Waals surface area contributed by atoms with E-state index in [9.17, 15) is 4.79 Å². The monoisotopic (exact) mass is 375 g/mol. The molecule has 3 aromatic heterocycles. The number of unbranched alkanes of at least 4 members (excludes halogenated alkanes) is 1. The molecule has 0 saturated heterocycles. The van der Waals surface area contributed by atoms with E-state index in [1.54, 1.807) is 11.4 Å². The highest BCUT2D eigenvalue weighted by Crippen LogP contribution is 2.19. The number of amides is 1. The first-order valence-electron chi connectivity index (χ1n) is 8.43. The molecule has 3 aromatic rings. The second kappa shape index (κ2) is 7.81. The Bertz CT molecular complexity index is 934. The summed E-state index contributed by atoms with van der Waals surface area (Å²) in [6.07, 6.45) is 3.22. The predicted octanol–water partition coefficient (Wildman–Crippen LogP) is 2.51. The van der Waals surface area contributed by atoms with Crippen LogP contribution in [0.3, 0.4) is 0 Å². The van der Waals surface area contributed by atoms with Gasteiger partial charge in [0.25, 0.3) is 5.78 Å². The van der Waals surface area contributed by atoms with E-state index in [0.29, 0.717) is 16.8 Å². The molecular weight excluding hydrogens is 354 g/mol. The van der Waals surface area contributed by atoms with Crippen LogP contribution in [0.4, 0.5) is 6.01 Å². The number of rotatable bonds is 7. The summed E-state index contributed by atoms with van der Waals surface area (Å²) in [7, 11) is 0. The van der Waals surface area contributed by atoms with Gasteiger partial charge in [0.15, 0.2) is 5.82 Å². The van der Waals surface area contributed by atoms with Crippen LogP contribution in [-0.2, 0) is 11.2 Å². The molecular formula is C16H21N7O2S. The van der Waals surface area contributed by atoms with Crippen LogP contribution < -0.4 is 5.32 Å².